The zero-order chi connectivity index (χ0) is 14.1. The quantitative estimate of drug-likeness (QED) is 0.794. The van der Waals surface area contributed by atoms with Gasteiger partial charge in [0.05, 0.1) is 0 Å². The zero-order valence-electron chi connectivity index (χ0n) is 12.9. The molecule has 0 aromatic heterocycles. The Morgan fingerprint density at radius 2 is 1.95 bits per heavy atom. The molecule has 2 atom stereocenters. The minimum Gasteiger partial charge on any atom is -0.508 e. The summed E-state index contributed by atoms with van der Waals surface area (Å²) < 4.78 is 0. The summed E-state index contributed by atoms with van der Waals surface area (Å²) >= 11 is 0. The molecule has 0 saturated heterocycles. The van der Waals surface area contributed by atoms with Crippen LogP contribution >= 0.6 is 0 Å². The molecule has 0 heterocycles. The van der Waals surface area contributed by atoms with Crippen LogP contribution < -0.4 is 0 Å². The normalized spacial score (nSPS) is 28.3. The topological polar surface area (TPSA) is 20.2 Å². The van der Waals surface area contributed by atoms with E-state index in [1.54, 1.807) is 6.07 Å². The van der Waals surface area contributed by atoms with Crippen molar-refractivity contribution in [2.24, 2.45) is 16.7 Å². The van der Waals surface area contributed by atoms with Crippen LogP contribution in [0, 0.1) is 16.7 Å². The largest absolute Gasteiger partial charge is 0.508 e. The van der Waals surface area contributed by atoms with Crippen molar-refractivity contribution in [1.82, 2.24) is 0 Å². The number of phenolic OH excluding ortho intramolecular Hbond substituents is 1. The lowest BCUT2D eigenvalue weighted by Crippen LogP contribution is -2.43. The Kier molecular flexibility index (Phi) is 3.94. The maximum Gasteiger partial charge on any atom is 0.118 e. The highest BCUT2D eigenvalue weighted by Crippen LogP contribution is 2.54. The van der Waals surface area contributed by atoms with Crippen molar-refractivity contribution in [3.05, 3.63) is 29.8 Å². The summed E-state index contributed by atoms with van der Waals surface area (Å²) in [6, 6.07) is 7.79. The van der Waals surface area contributed by atoms with E-state index in [9.17, 15) is 5.11 Å². The van der Waals surface area contributed by atoms with Crippen LogP contribution in [0.5, 0.6) is 5.75 Å². The Hall–Kier alpha value is -0.980. The van der Waals surface area contributed by atoms with Crippen LogP contribution in [-0.4, -0.2) is 5.11 Å². The summed E-state index contributed by atoms with van der Waals surface area (Å²) in [5.74, 6) is 1.21. The summed E-state index contributed by atoms with van der Waals surface area (Å²) in [5, 5.41) is 10.0. The third-order valence-electron chi connectivity index (χ3n) is 5.84. The summed E-state index contributed by atoms with van der Waals surface area (Å²) in [7, 11) is 0. The number of phenols is 1. The molecule has 106 valence electrons. The van der Waals surface area contributed by atoms with E-state index < -0.39 is 0 Å². The van der Waals surface area contributed by atoms with E-state index >= 15 is 0 Å². The van der Waals surface area contributed by atoms with Gasteiger partial charge in [-0.1, -0.05) is 65.2 Å². The van der Waals surface area contributed by atoms with E-state index in [0.29, 0.717) is 11.2 Å². The third-order valence-corrected chi connectivity index (χ3v) is 5.84. The molecule has 0 spiro atoms. The van der Waals surface area contributed by atoms with Gasteiger partial charge in [0, 0.05) is 0 Å². The minimum atomic E-state index is 0.214. The second kappa shape index (κ2) is 5.19. The Morgan fingerprint density at radius 3 is 2.58 bits per heavy atom. The van der Waals surface area contributed by atoms with Crippen molar-refractivity contribution in [1.29, 1.82) is 0 Å². The summed E-state index contributed by atoms with van der Waals surface area (Å²) in [6.07, 6.45) is 6.35. The smallest absolute Gasteiger partial charge is 0.118 e. The van der Waals surface area contributed by atoms with Crippen molar-refractivity contribution in [3.63, 3.8) is 0 Å². The van der Waals surface area contributed by atoms with Crippen molar-refractivity contribution < 1.29 is 5.11 Å². The van der Waals surface area contributed by atoms with Crippen molar-refractivity contribution in [2.75, 3.05) is 0 Å². The number of hydrogen-bond donors (Lipinski definition) is 1. The van der Waals surface area contributed by atoms with Gasteiger partial charge in [-0.25, -0.2) is 0 Å². The highest BCUT2D eigenvalue weighted by Gasteiger charge is 2.45. The van der Waals surface area contributed by atoms with E-state index in [-0.39, 0.29) is 5.41 Å². The van der Waals surface area contributed by atoms with Crippen molar-refractivity contribution in [2.45, 2.75) is 59.8 Å². The molecule has 1 aliphatic rings. The van der Waals surface area contributed by atoms with Gasteiger partial charge in [0.25, 0.3) is 0 Å². The Morgan fingerprint density at radius 1 is 1.26 bits per heavy atom. The van der Waals surface area contributed by atoms with Gasteiger partial charge in [-0.15, -0.1) is 0 Å². The molecule has 1 aromatic carbocycles. The molecule has 0 radical (unpaired) electrons. The number of hydrogen-bond acceptors (Lipinski definition) is 1. The second-order valence-corrected chi connectivity index (χ2v) is 7.25. The summed E-state index contributed by atoms with van der Waals surface area (Å²) in [6.45, 7) is 9.62. The molecule has 1 aromatic rings. The van der Waals surface area contributed by atoms with Crippen LogP contribution in [0.2, 0.25) is 0 Å². The van der Waals surface area contributed by atoms with Crippen LogP contribution in [0.4, 0.5) is 0 Å². The monoisotopic (exact) mass is 260 g/mol. The van der Waals surface area contributed by atoms with Gasteiger partial charge in [-0.3, -0.25) is 0 Å². The molecule has 0 aliphatic heterocycles. The molecule has 2 rings (SSSR count). The lowest BCUT2D eigenvalue weighted by atomic mass is 9.53. The number of aromatic hydroxyl groups is 1. The molecular formula is C18H28O. The Bertz CT molecular complexity index is 435. The first-order chi connectivity index (χ1) is 8.87. The highest BCUT2D eigenvalue weighted by molar-refractivity contribution is 5.32. The SMILES string of the molecule is CC1CCCCC1(C)C(C)(C)Cc1ccccc1O. The number of rotatable bonds is 3. The maximum absolute atomic E-state index is 10.0. The lowest BCUT2D eigenvalue weighted by molar-refractivity contribution is -0.00778. The summed E-state index contributed by atoms with van der Waals surface area (Å²) in [4.78, 5) is 0. The minimum absolute atomic E-state index is 0.214. The molecule has 1 N–H and O–H groups in total. The molecule has 1 nitrogen and oxygen atoms in total. The molecule has 1 heteroatoms. The molecule has 1 saturated carbocycles. The number of benzene rings is 1. The average molecular weight is 260 g/mol. The average Bonchev–Trinajstić information content (AvgIpc) is 2.35. The fraction of sp³-hybridized carbons (Fsp3) is 0.667. The van der Waals surface area contributed by atoms with Gasteiger partial charge in [0.1, 0.15) is 5.75 Å². The first-order valence-corrected chi connectivity index (χ1v) is 7.64. The fourth-order valence-electron chi connectivity index (χ4n) is 3.85. The fourth-order valence-corrected chi connectivity index (χ4v) is 3.85. The standard InChI is InChI=1S/C18H28O/c1-14-9-7-8-12-18(14,4)17(2,3)13-15-10-5-6-11-16(15)19/h5-6,10-11,14,19H,7-9,12-13H2,1-4H3. The maximum atomic E-state index is 10.0. The predicted molar refractivity (Wildman–Crippen MR) is 81.3 cm³/mol. The van der Waals surface area contributed by atoms with E-state index in [0.717, 1.165) is 17.9 Å². The van der Waals surface area contributed by atoms with Crippen LogP contribution in [0.15, 0.2) is 24.3 Å². The van der Waals surface area contributed by atoms with E-state index in [1.165, 1.54) is 25.7 Å². The second-order valence-electron chi connectivity index (χ2n) is 7.25. The molecule has 19 heavy (non-hydrogen) atoms. The highest BCUT2D eigenvalue weighted by atomic mass is 16.3. The van der Waals surface area contributed by atoms with Gasteiger partial charge in [0.15, 0.2) is 0 Å². The van der Waals surface area contributed by atoms with Crippen LogP contribution in [0.1, 0.15) is 58.9 Å². The van der Waals surface area contributed by atoms with Crippen molar-refractivity contribution in [3.8, 4) is 5.75 Å². The molecule has 2 unspecified atom stereocenters. The van der Waals surface area contributed by atoms with Gasteiger partial charge >= 0.3 is 0 Å². The summed E-state index contributed by atoms with van der Waals surface area (Å²) in [5.41, 5.74) is 1.67. The third kappa shape index (κ3) is 2.66. The van der Waals surface area contributed by atoms with E-state index in [2.05, 4.69) is 33.8 Å². The van der Waals surface area contributed by atoms with Crippen molar-refractivity contribution >= 4 is 0 Å². The Labute approximate surface area is 118 Å². The van der Waals surface area contributed by atoms with E-state index in [1.807, 2.05) is 12.1 Å². The van der Waals surface area contributed by atoms with Crippen LogP contribution in [0.3, 0.4) is 0 Å². The van der Waals surface area contributed by atoms with Crippen LogP contribution in [0.25, 0.3) is 0 Å². The van der Waals surface area contributed by atoms with Gasteiger partial charge in [-0.05, 0) is 41.2 Å². The molecular weight excluding hydrogens is 232 g/mol. The zero-order valence-corrected chi connectivity index (χ0v) is 12.9. The van der Waals surface area contributed by atoms with E-state index in [4.69, 9.17) is 0 Å². The van der Waals surface area contributed by atoms with Gasteiger partial charge in [-0.2, -0.15) is 0 Å². The lowest BCUT2D eigenvalue weighted by Gasteiger charge is -2.51. The number of para-hydroxylation sites is 1. The predicted octanol–water partition coefficient (Wildman–Crippen LogP) is 5.18. The van der Waals surface area contributed by atoms with Gasteiger partial charge in [0.2, 0.25) is 0 Å². The molecule has 1 fully saturated rings. The van der Waals surface area contributed by atoms with Gasteiger partial charge < -0.3 is 5.11 Å². The first kappa shape index (κ1) is 14.4. The molecule has 1 aliphatic carbocycles. The first-order valence-electron chi connectivity index (χ1n) is 7.64. The van der Waals surface area contributed by atoms with Crippen LogP contribution in [-0.2, 0) is 6.42 Å². The Balaban J connectivity index is 2.24. The molecule has 0 bridgehead atoms. The molecule has 0 amide bonds.